The van der Waals surface area contributed by atoms with E-state index in [0.29, 0.717) is 37.1 Å². The van der Waals surface area contributed by atoms with Gasteiger partial charge in [-0.15, -0.1) is 24.8 Å². The van der Waals surface area contributed by atoms with Gasteiger partial charge in [0.1, 0.15) is 0 Å². The quantitative estimate of drug-likeness (QED) is 0.582. The molecule has 2 rings (SSSR count). The first kappa shape index (κ1) is 18.8. The van der Waals surface area contributed by atoms with Gasteiger partial charge in [0.2, 0.25) is 0 Å². The molecule has 0 aliphatic heterocycles. The van der Waals surface area contributed by atoms with Gasteiger partial charge in [0, 0.05) is 25.3 Å². The smallest absolute Gasteiger partial charge is 0.0460 e. The van der Waals surface area contributed by atoms with E-state index in [0.717, 1.165) is 25.7 Å². The van der Waals surface area contributed by atoms with Crippen molar-refractivity contribution in [2.45, 2.75) is 37.8 Å². The minimum absolute atomic E-state index is 0. The van der Waals surface area contributed by atoms with Crippen LogP contribution in [0.2, 0.25) is 0 Å². The zero-order valence-corrected chi connectivity index (χ0v) is 11.1. The summed E-state index contributed by atoms with van der Waals surface area (Å²) in [5, 5.41) is 16.9. The van der Waals surface area contributed by atoms with Gasteiger partial charge in [0.25, 0.3) is 0 Å². The summed E-state index contributed by atoms with van der Waals surface area (Å²) < 4.78 is 0. The number of rotatable bonds is 2. The average Bonchev–Trinajstić information content (AvgIpc) is 2.08. The van der Waals surface area contributed by atoms with Crippen molar-refractivity contribution in [2.75, 3.05) is 13.2 Å². The Bertz CT molecular complexity index is 145. The van der Waals surface area contributed by atoms with Crippen LogP contribution in [-0.2, 0) is 0 Å². The van der Waals surface area contributed by atoms with Crippen molar-refractivity contribution in [2.24, 2.45) is 23.3 Å². The van der Waals surface area contributed by atoms with E-state index < -0.39 is 0 Å². The second kappa shape index (κ2) is 9.45. The van der Waals surface area contributed by atoms with Crippen LogP contribution in [0.4, 0.5) is 0 Å². The monoisotopic (exact) mass is 274 g/mol. The van der Waals surface area contributed by atoms with Crippen LogP contribution < -0.4 is 11.5 Å². The highest BCUT2D eigenvalue weighted by Gasteiger charge is 2.24. The van der Waals surface area contributed by atoms with Crippen LogP contribution in [0.1, 0.15) is 25.7 Å². The molecule has 4 nitrogen and oxygen atoms in total. The summed E-state index contributed by atoms with van der Waals surface area (Å²) in [4.78, 5) is 0. The molecule has 100 valence electrons. The highest BCUT2D eigenvalue weighted by molar-refractivity contribution is 5.85. The lowest BCUT2D eigenvalue weighted by Gasteiger charge is -2.30. The van der Waals surface area contributed by atoms with E-state index in [1.807, 2.05) is 0 Å². The molecule has 0 unspecified atom stereocenters. The van der Waals surface area contributed by atoms with E-state index in [1.54, 1.807) is 0 Å². The highest BCUT2D eigenvalue weighted by atomic mass is 35.5. The van der Waals surface area contributed by atoms with Gasteiger partial charge in [-0.3, -0.25) is 0 Å². The lowest BCUT2D eigenvalue weighted by atomic mass is 9.82. The third-order valence-electron chi connectivity index (χ3n) is 3.06. The van der Waals surface area contributed by atoms with Crippen molar-refractivity contribution in [3.63, 3.8) is 0 Å². The molecule has 2 aliphatic rings. The summed E-state index contributed by atoms with van der Waals surface area (Å²) in [6.07, 6.45) is 4.10. The number of halogens is 2. The summed E-state index contributed by atoms with van der Waals surface area (Å²) in [7, 11) is 0. The molecule has 6 heteroatoms. The molecular formula is C10H24Cl2N2O2. The number of nitrogens with two attached hydrogens (primary N) is 2. The van der Waals surface area contributed by atoms with E-state index in [9.17, 15) is 0 Å². The first-order chi connectivity index (χ1) is 6.65. The minimum Gasteiger partial charge on any atom is -0.396 e. The molecular weight excluding hydrogens is 251 g/mol. The van der Waals surface area contributed by atoms with Gasteiger partial charge >= 0.3 is 0 Å². The van der Waals surface area contributed by atoms with Crippen LogP contribution in [-0.4, -0.2) is 35.5 Å². The van der Waals surface area contributed by atoms with Crippen molar-refractivity contribution < 1.29 is 10.2 Å². The third-order valence-corrected chi connectivity index (χ3v) is 3.06. The Hall–Kier alpha value is 0.420. The van der Waals surface area contributed by atoms with Gasteiger partial charge in [-0.2, -0.15) is 0 Å². The molecule has 0 bridgehead atoms. The Morgan fingerprint density at radius 2 is 1.00 bits per heavy atom. The fourth-order valence-electron chi connectivity index (χ4n) is 1.87. The first-order valence-electron chi connectivity index (χ1n) is 5.38. The summed E-state index contributed by atoms with van der Waals surface area (Å²) in [6, 6.07) is 0.772. The largest absolute Gasteiger partial charge is 0.396 e. The molecule has 2 aliphatic carbocycles. The standard InChI is InChI=1S/2C5H11NO.2ClH/c2*6-5-1-4(2-5)3-7;;/h2*4-5,7H,1-3,6H2;2*1H. The SMILES string of the molecule is Cl.Cl.NC1CC(CO)C1.NC1CC(CO)C1. The Morgan fingerprint density at radius 1 is 0.750 bits per heavy atom. The second-order valence-electron chi connectivity index (χ2n) is 4.56. The van der Waals surface area contributed by atoms with Crippen molar-refractivity contribution >= 4 is 24.8 Å². The molecule has 0 atom stereocenters. The zero-order valence-electron chi connectivity index (χ0n) is 9.42. The fourth-order valence-corrected chi connectivity index (χ4v) is 1.87. The van der Waals surface area contributed by atoms with Gasteiger partial charge in [0.15, 0.2) is 0 Å². The van der Waals surface area contributed by atoms with Gasteiger partial charge in [-0.25, -0.2) is 0 Å². The molecule has 0 heterocycles. The Balaban J connectivity index is 0. The van der Waals surface area contributed by atoms with Gasteiger partial charge in [-0.1, -0.05) is 0 Å². The average molecular weight is 275 g/mol. The van der Waals surface area contributed by atoms with Gasteiger partial charge < -0.3 is 21.7 Å². The molecule has 6 N–H and O–H groups in total. The van der Waals surface area contributed by atoms with Crippen molar-refractivity contribution in [1.82, 2.24) is 0 Å². The first-order valence-corrected chi connectivity index (χ1v) is 5.38. The van der Waals surface area contributed by atoms with E-state index in [1.165, 1.54) is 0 Å². The number of aliphatic hydroxyl groups is 2. The van der Waals surface area contributed by atoms with E-state index >= 15 is 0 Å². The fraction of sp³-hybridized carbons (Fsp3) is 1.00. The predicted octanol–water partition coefficient (Wildman–Crippen LogP) is 0.276. The third kappa shape index (κ3) is 6.23. The molecule has 0 aromatic carbocycles. The normalized spacial score (nSPS) is 35.2. The van der Waals surface area contributed by atoms with Crippen LogP contribution in [0.5, 0.6) is 0 Å². The number of hydrogen-bond donors (Lipinski definition) is 4. The predicted molar refractivity (Wildman–Crippen MR) is 70.1 cm³/mol. The Labute approximate surface area is 110 Å². The van der Waals surface area contributed by atoms with Crippen LogP contribution in [0.25, 0.3) is 0 Å². The number of aliphatic hydroxyl groups excluding tert-OH is 2. The molecule has 0 aromatic heterocycles. The maximum absolute atomic E-state index is 8.45. The topological polar surface area (TPSA) is 92.5 Å². The molecule has 0 amide bonds. The van der Waals surface area contributed by atoms with Gasteiger partial charge in [0.05, 0.1) is 0 Å². The van der Waals surface area contributed by atoms with Crippen molar-refractivity contribution in [3.8, 4) is 0 Å². The van der Waals surface area contributed by atoms with Gasteiger partial charge in [-0.05, 0) is 37.5 Å². The van der Waals surface area contributed by atoms with E-state index in [4.69, 9.17) is 21.7 Å². The maximum atomic E-state index is 8.45. The molecule has 0 saturated heterocycles. The van der Waals surface area contributed by atoms with E-state index in [2.05, 4.69) is 0 Å². The minimum atomic E-state index is 0. The lowest BCUT2D eigenvalue weighted by Crippen LogP contribution is -2.37. The molecule has 0 aromatic rings. The van der Waals surface area contributed by atoms with E-state index in [-0.39, 0.29) is 24.8 Å². The summed E-state index contributed by atoms with van der Waals surface area (Å²) in [5.41, 5.74) is 10.9. The van der Waals surface area contributed by atoms with Crippen LogP contribution in [0.15, 0.2) is 0 Å². The summed E-state index contributed by atoms with van der Waals surface area (Å²) in [6.45, 7) is 0.654. The molecule has 2 fully saturated rings. The van der Waals surface area contributed by atoms with Crippen molar-refractivity contribution in [1.29, 1.82) is 0 Å². The zero-order chi connectivity index (χ0) is 10.6. The van der Waals surface area contributed by atoms with Crippen LogP contribution >= 0.6 is 24.8 Å². The van der Waals surface area contributed by atoms with Crippen LogP contribution in [0, 0.1) is 11.8 Å². The highest BCUT2D eigenvalue weighted by Crippen LogP contribution is 2.24. The molecule has 2 saturated carbocycles. The Morgan fingerprint density at radius 3 is 1.06 bits per heavy atom. The molecule has 0 spiro atoms. The summed E-state index contributed by atoms with van der Waals surface area (Å²) in [5.74, 6) is 1.05. The molecule has 16 heavy (non-hydrogen) atoms. The molecule has 0 radical (unpaired) electrons. The Kier molecular flexibility index (Phi) is 11.1. The second-order valence-corrected chi connectivity index (χ2v) is 4.56. The van der Waals surface area contributed by atoms with Crippen LogP contribution in [0.3, 0.4) is 0 Å². The maximum Gasteiger partial charge on any atom is 0.0460 e. The lowest BCUT2D eigenvalue weighted by molar-refractivity contribution is 0.144. The number of hydrogen-bond acceptors (Lipinski definition) is 4. The van der Waals surface area contributed by atoms with Crippen molar-refractivity contribution in [3.05, 3.63) is 0 Å². The summed E-state index contributed by atoms with van der Waals surface area (Å²) >= 11 is 0.